The molecule has 4 fully saturated rings. The van der Waals surface area contributed by atoms with Crippen LogP contribution in [0, 0.1) is 13.8 Å². The van der Waals surface area contributed by atoms with Crippen LogP contribution in [0.15, 0.2) is 31.6 Å². The standard InChI is InChI=1S/C25H31N5O10S/c1-10-6-28(23(35)26-19(10)33)15-5-12(13(8-31)37-15)30-14(32)9-41-22(30)18-16-17(40-25(3,4)39-16)21(38-18)29-7-11(2)20(34)27-24(29)36/h6-7,12-13,15-18,21-22,31H,5,8-9H2,1-4H3,(H,26,33,35)(H,27,34,36)/t12-,13+,15+,16-,17+,18-,21+,22+/m0/s1. The summed E-state index contributed by atoms with van der Waals surface area (Å²) in [6, 6.07) is -0.633. The number of carbonyl (C=O) groups excluding carboxylic acids is 1. The third-order valence-electron chi connectivity index (χ3n) is 7.90. The number of thioether (sulfide) groups is 1. The number of nitrogens with zero attached hydrogens (tertiary/aromatic N) is 3. The number of carbonyl (C=O) groups is 1. The molecule has 1 amide bonds. The van der Waals surface area contributed by atoms with Crippen LogP contribution < -0.4 is 22.5 Å². The predicted octanol–water partition coefficient (Wildman–Crippen LogP) is -1.33. The highest BCUT2D eigenvalue weighted by Crippen LogP contribution is 2.48. The largest absolute Gasteiger partial charge is 0.394 e. The van der Waals surface area contributed by atoms with Crippen LogP contribution in [0.4, 0.5) is 0 Å². The van der Waals surface area contributed by atoms with Crippen molar-refractivity contribution in [2.24, 2.45) is 0 Å². The van der Waals surface area contributed by atoms with Crippen LogP contribution in [0.3, 0.4) is 0 Å². The van der Waals surface area contributed by atoms with Crippen LogP contribution in [-0.4, -0.2) is 89.0 Å². The highest BCUT2D eigenvalue weighted by atomic mass is 32.2. The van der Waals surface area contributed by atoms with Crippen molar-refractivity contribution in [1.82, 2.24) is 24.0 Å². The number of hydrogen-bond acceptors (Lipinski definition) is 11. The number of aryl methyl sites for hydroxylation is 2. The molecular weight excluding hydrogens is 562 g/mol. The molecular formula is C25H31N5O10S. The molecule has 0 aromatic carbocycles. The number of fused-ring (bicyclic) bond motifs is 1. The number of nitrogens with one attached hydrogen (secondary N) is 2. The van der Waals surface area contributed by atoms with Gasteiger partial charge < -0.3 is 29.0 Å². The van der Waals surface area contributed by atoms with E-state index in [1.807, 2.05) is 0 Å². The molecule has 0 aliphatic carbocycles. The summed E-state index contributed by atoms with van der Waals surface area (Å²) in [5.41, 5.74) is -1.72. The van der Waals surface area contributed by atoms with Gasteiger partial charge in [-0.25, -0.2) is 9.59 Å². The highest BCUT2D eigenvalue weighted by Gasteiger charge is 2.61. The van der Waals surface area contributed by atoms with Crippen LogP contribution in [0.25, 0.3) is 0 Å². The summed E-state index contributed by atoms with van der Waals surface area (Å²) in [7, 11) is 0. The molecule has 4 aliphatic heterocycles. The SMILES string of the molecule is Cc1cn([C@@H]2O[C@H]([C@H]3SCC(=O)N3[C@H]3C[C@H](n4cc(C)c(=O)[nH]c4=O)O[C@@H]3CO)[C@H]3OC(C)(C)O[C@H]32)c(=O)[nH]c1=O. The molecule has 4 aliphatic rings. The van der Waals surface area contributed by atoms with E-state index in [9.17, 15) is 29.1 Å². The van der Waals surface area contributed by atoms with Crippen molar-refractivity contribution in [3.8, 4) is 0 Å². The number of hydrogen-bond donors (Lipinski definition) is 3. The van der Waals surface area contributed by atoms with Gasteiger partial charge in [0, 0.05) is 29.9 Å². The van der Waals surface area contributed by atoms with Crippen molar-refractivity contribution < 1.29 is 28.8 Å². The zero-order valence-electron chi connectivity index (χ0n) is 22.8. The summed E-state index contributed by atoms with van der Waals surface area (Å²) in [5.74, 6) is -1.09. The minimum atomic E-state index is -1.01. The lowest BCUT2D eigenvalue weighted by atomic mass is 10.0. The van der Waals surface area contributed by atoms with Gasteiger partial charge in [0.15, 0.2) is 12.0 Å². The maximum atomic E-state index is 13.3. The first-order valence-electron chi connectivity index (χ1n) is 13.2. The summed E-state index contributed by atoms with van der Waals surface area (Å²) in [6.45, 7) is 6.20. The van der Waals surface area contributed by atoms with E-state index in [1.165, 1.54) is 33.3 Å². The fourth-order valence-electron chi connectivity index (χ4n) is 6.06. The number of rotatable bonds is 5. The number of ether oxygens (including phenoxy) is 4. The fourth-order valence-corrected chi connectivity index (χ4v) is 7.36. The zero-order valence-corrected chi connectivity index (χ0v) is 23.6. The second-order valence-electron chi connectivity index (χ2n) is 11.1. The first-order valence-corrected chi connectivity index (χ1v) is 14.3. The number of aliphatic hydroxyl groups is 1. The van der Waals surface area contributed by atoms with E-state index >= 15 is 0 Å². The molecule has 2 aromatic rings. The van der Waals surface area contributed by atoms with Crippen molar-refractivity contribution in [2.75, 3.05) is 12.4 Å². The molecule has 16 heteroatoms. The Bertz CT molecular complexity index is 1610. The molecule has 0 radical (unpaired) electrons. The third kappa shape index (κ3) is 4.71. The van der Waals surface area contributed by atoms with Gasteiger partial charge >= 0.3 is 11.4 Å². The molecule has 0 spiro atoms. The lowest BCUT2D eigenvalue weighted by Crippen LogP contribution is -2.53. The lowest BCUT2D eigenvalue weighted by molar-refractivity contribution is -0.201. The summed E-state index contributed by atoms with van der Waals surface area (Å²) < 4.78 is 27.3. The molecule has 0 saturated carbocycles. The van der Waals surface area contributed by atoms with Crippen molar-refractivity contribution in [1.29, 1.82) is 0 Å². The Kier molecular flexibility index (Phi) is 6.90. The minimum absolute atomic E-state index is 0.131. The second-order valence-corrected chi connectivity index (χ2v) is 12.2. The highest BCUT2D eigenvalue weighted by molar-refractivity contribution is 8.01. The van der Waals surface area contributed by atoms with Crippen LogP contribution in [0.2, 0.25) is 0 Å². The van der Waals surface area contributed by atoms with E-state index in [2.05, 4.69) is 9.97 Å². The van der Waals surface area contributed by atoms with Gasteiger partial charge in [-0.05, 0) is 27.7 Å². The average molecular weight is 594 g/mol. The molecule has 41 heavy (non-hydrogen) atoms. The number of aliphatic hydroxyl groups excluding tert-OH is 1. The third-order valence-corrected chi connectivity index (χ3v) is 9.15. The molecule has 222 valence electrons. The van der Waals surface area contributed by atoms with Crippen molar-refractivity contribution in [3.05, 3.63) is 65.2 Å². The zero-order chi connectivity index (χ0) is 29.4. The number of aromatic nitrogens is 4. The molecule has 4 saturated heterocycles. The van der Waals surface area contributed by atoms with E-state index in [0.29, 0.717) is 11.1 Å². The smallest absolute Gasteiger partial charge is 0.330 e. The van der Waals surface area contributed by atoms with Gasteiger partial charge in [-0.1, -0.05) is 0 Å². The van der Waals surface area contributed by atoms with Gasteiger partial charge in [0.1, 0.15) is 36.0 Å². The number of amides is 1. The predicted molar refractivity (Wildman–Crippen MR) is 142 cm³/mol. The first kappa shape index (κ1) is 28.1. The normalized spacial score (nSPS) is 34.5. The Morgan fingerprint density at radius 3 is 2.20 bits per heavy atom. The molecule has 8 atom stereocenters. The minimum Gasteiger partial charge on any atom is -0.394 e. The second kappa shape index (κ2) is 10.1. The van der Waals surface area contributed by atoms with Crippen molar-refractivity contribution in [3.63, 3.8) is 0 Å². The first-order chi connectivity index (χ1) is 19.4. The Morgan fingerprint density at radius 2 is 1.54 bits per heavy atom. The van der Waals surface area contributed by atoms with Gasteiger partial charge in [0.2, 0.25) is 5.91 Å². The Hall–Kier alpha value is -3.02. The maximum absolute atomic E-state index is 13.3. The monoisotopic (exact) mass is 593 g/mol. The Balaban J connectivity index is 1.33. The topological polar surface area (TPSA) is 187 Å². The number of H-pyrrole nitrogens is 2. The average Bonchev–Trinajstić information content (AvgIpc) is 3.64. The van der Waals surface area contributed by atoms with Gasteiger partial charge in [-0.2, -0.15) is 0 Å². The van der Waals surface area contributed by atoms with Crippen LogP contribution in [0.1, 0.15) is 43.9 Å². The summed E-state index contributed by atoms with van der Waals surface area (Å²) in [6.07, 6.45) is -1.77. The molecule has 0 bridgehead atoms. The Morgan fingerprint density at radius 1 is 0.927 bits per heavy atom. The van der Waals surface area contributed by atoms with Gasteiger partial charge in [-0.15, -0.1) is 11.8 Å². The fraction of sp³-hybridized carbons (Fsp3) is 0.640. The van der Waals surface area contributed by atoms with E-state index in [4.69, 9.17) is 18.9 Å². The van der Waals surface area contributed by atoms with E-state index in [0.717, 1.165) is 0 Å². The maximum Gasteiger partial charge on any atom is 0.330 e. The molecule has 6 heterocycles. The molecule has 2 aromatic heterocycles. The summed E-state index contributed by atoms with van der Waals surface area (Å²) in [4.78, 5) is 68.7. The van der Waals surface area contributed by atoms with Crippen molar-refractivity contribution >= 4 is 17.7 Å². The molecule has 0 unspecified atom stereocenters. The lowest BCUT2D eigenvalue weighted by Gasteiger charge is -2.36. The van der Waals surface area contributed by atoms with Crippen LogP contribution >= 0.6 is 11.8 Å². The van der Waals surface area contributed by atoms with Crippen LogP contribution in [-0.2, 0) is 23.7 Å². The molecule has 15 nitrogen and oxygen atoms in total. The summed E-state index contributed by atoms with van der Waals surface area (Å²) >= 11 is 1.33. The van der Waals surface area contributed by atoms with Gasteiger partial charge in [0.25, 0.3) is 11.1 Å². The van der Waals surface area contributed by atoms with E-state index < -0.39 is 83.2 Å². The number of aromatic amines is 2. The quantitative estimate of drug-likeness (QED) is 0.373. The molecule has 6 rings (SSSR count). The van der Waals surface area contributed by atoms with Gasteiger partial charge in [0.05, 0.1) is 18.4 Å². The van der Waals surface area contributed by atoms with E-state index in [1.54, 1.807) is 32.6 Å². The summed E-state index contributed by atoms with van der Waals surface area (Å²) in [5, 5.41) is 9.59. The van der Waals surface area contributed by atoms with Crippen LogP contribution in [0.5, 0.6) is 0 Å². The van der Waals surface area contributed by atoms with Crippen molar-refractivity contribution in [2.45, 2.75) is 88.2 Å². The van der Waals surface area contributed by atoms with Gasteiger partial charge in [-0.3, -0.25) is 33.5 Å². The molecule has 3 N–H and O–H groups in total. The van der Waals surface area contributed by atoms with E-state index in [-0.39, 0.29) is 18.1 Å². The Labute approximate surface area is 236 Å².